The fourth-order valence-electron chi connectivity index (χ4n) is 1.44. The van der Waals surface area contributed by atoms with Crippen molar-refractivity contribution >= 4 is 17.3 Å². The first-order valence-electron chi connectivity index (χ1n) is 5.15. The molecule has 0 spiro atoms. The van der Waals surface area contributed by atoms with E-state index in [2.05, 4.69) is 5.32 Å². The van der Waals surface area contributed by atoms with Crippen molar-refractivity contribution < 1.29 is 14.1 Å². The van der Waals surface area contributed by atoms with E-state index in [1.165, 1.54) is 24.5 Å². The van der Waals surface area contributed by atoms with Crippen LogP contribution >= 0.6 is 0 Å². The van der Waals surface area contributed by atoms with Crippen LogP contribution in [0.3, 0.4) is 0 Å². The average Bonchev–Trinajstić information content (AvgIpc) is 2.92. The lowest BCUT2D eigenvalue weighted by molar-refractivity contribution is -0.384. The van der Waals surface area contributed by atoms with Crippen molar-refractivity contribution in [2.45, 2.75) is 0 Å². The van der Waals surface area contributed by atoms with E-state index < -0.39 is 10.8 Å². The van der Waals surface area contributed by atoms with Crippen LogP contribution in [0.1, 0.15) is 16.1 Å². The molecule has 7 heteroatoms. The van der Waals surface area contributed by atoms with E-state index in [-0.39, 0.29) is 22.7 Å². The average molecular weight is 257 g/mol. The number of hydrogen-bond donors (Lipinski definition) is 1. The molecule has 0 fully saturated rings. The SMILES string of the molecule is N#Cc1cc([N+](=O)[O-])ccc1NC(=O)c1ccco1. The van der Waals surface area contributed by atoms with Crippen LogP contribution in [-0.2, 0) is 0 Å². The second-order valence-corrected chi connectivity index (χ2v) is 3.53. The lowest BCUT2D eigenvalue weighted by atomic mass is 10.1. The fourth-order valence-corrected chi connectivity index (χ4v) is 1.44. The summed E-state index contributed by atoms with van der Waals surface area (Å²) >= 11 is 0. The smallest absolute Gasteiger partial charge is 0.291 e. The quantitative estimate of drug-likeness (QED) is 0.670. The second-order valence-electron chi connectivity index (χ2n) is 3.53. The summed E-state index contributed by atoms with van der Waals surface area (Å²) < 4.78 is 4.90. The van der Waals surface area contributed by atoms with Crippen LogP contribution in [0, 0.1) is 21.4 Å². The van der Waals surface area contributed by atoms with Crippen molar-refractivity contribution in [1.29, 1.82) is 5.26 Å². The summed E-state index contributed by atoms with van der Waals surface area (Å²) in [5, 5.41) is 22.0. The van der Waals surface area contributed by atoms with E-state index in [0.717, 1.165) is 6.07 Å². The Kier molecular flexibility index (Phi) is 3.25. The number of nitrogens with zero attached hydrogens (tertiary/aromatic N) is 2. The molecule has 1 amide bonds. The Balaban J connectivity index is 2.28. The van der Waals surface area contributed by atoms with Crippen molar-refractivity contribution in [3.63, 3.8) is 0 Å². The van der Waals surface area contributed by atoms with Crippen molar-refractivity contribution in [3.8, 4) is 6.07 Å². The van der Waals surface area contributed by atoms with Gasteiger partial charge in [0.05, 0.1) is 22.4 Å². The highest BCUT2D eigenvalue weighted by atomic mass is 16.6. The van der Waals surface area contributed by atoms with E-state index >= 15 is 0 Å². The Labute approximate surface area is 107 Å². The Morgan fingerprint density at radius 3 is 2.79 bits per heavy atom. The standard InChI is InChI=1S/C12H7N3O4/c13-7-8-6-9(15(17)18)3-4-10(8)14-12(16)11-2-1-5-19-11/h1-6H,(H,14,16). The lowest BCUT2D eigenvalue weighted by Gasteiger charge is -2.04. The number of furan rings is 1. The van der Waals surface area contributed by atoms with E-state index in [1.807, 2.05) is 0 Å². The lowest BCUT2D eigenvalue weighted by Crippen LogP contribution is -2.12. The number of nitriles is 1. The van der Waals surface area contributed by atoms with E-state index in [0.29, 0.717) is 0 Å². The zero-order chi connectivity index (χ0) is 13.8. The fraction of sp³-hybridized carbons (Fsp3) is 0. The van der Waals surface area contributed by atoms with Gasteiger partial charge in [0.2, 0.25) is 0 Å². The Hall–Kier alpha value is -3.14. The van der Waals surface area contributed by atoms with Gasteiger partial charge in [-0.25, -0.2) is 0 Å². The van der Waals surface area contributed by atoms with E-state index in [9.17, 15) is 14.9 Å². The van der Waals surface area contributed by atoms with Crippen LogP contribution in [0.4, 0.5) is 11.4 Å². The first-order valence-corrected chi connectivity index (χ1v) is 5.15. The summed E-state index contributed by atoms with van der Waals surface area (Å²) in [7, 11) is 0. The molecule has 1 N–H and O–H groups in total. The minimum atomic E-state index is -0.612. The summed E-state index contributed by atoms with van der Waals surface area (Å²) in [5.74, 6) is -0.447. The third-order valence-electron chi connectivity index (χ3n) is 2.33. The maximum atomic E-state index is 11.7. The van der Waals surface area contributed by atoms with Gasteiger partial charge in [0, 0.05) is 12.1 Å². The molecule has 2 aromatic rings. The van der Waals surface area contributed by atoms with Crippen molar-refractivity contribution in [3.05, 3.63) is 58.0 Å². The van der Waals surface area contributed by atoms with Gasteiger partial charge >= 0.3 is 0 Å². The van der Waals surface area contributed by atoms with Gasteiger partial charge in [0.1, 0.15) is 6.07 Å². The maximum Gasteiger partial charge on any atom is 0.291 e. The Morgan fingerprint density at radius 2 is 2.21 bits per heavy atom. The minimum absolute atomic E-state index is 0.00843. The normalized spacial score (nSPS) is 9.63. The zero-order valence-electron chi connectivity index (χ0n) is 9.49. The first kappa shape index (κ1) is 12.3. The number of nitro benzene ring substituents is 1. The van der Waals surface area contributed by atoms with Crippen molar-refractivity contribution in [2.24, 2.45) is 0 Å². The predicted molar refractivity (Wildman–Crippen MR) is 64.5 cm³/mol. The number of nitro groups is 1. The maximum absolute atomic E-state index is 11.7. The molecule has 0 aliphatic carbocycles. The molecule has 0 aliphatic heterocycles. The zero-order valence-corrected chi connectivity index (χ0v) is 9.49. The summed E-state index contributed by atoms with van der Waals surface area (Å²) in [6.45, 7) is 0. The van der Waals surface area contributed by atoms with Gasteiger partial charge in [-0.15, -0.1) is 0 Å². The van der Waals surface area contributed by atoms with Gasteiger partial charge in [0.25, 0.3) is 11.6 Å². The predicted octanol–water partition coefficient (Wildman–Crippen LogP) is 2.31. The molecule has 7 nitrogen and oxygen atoms in total. The summed E-state index contributed by atoms with van der Waals surface area (Å²) in [5.41, 5.74) is -0.0175. The van der Waals surface area contributed by atoms with Crippen LogP contribution in [0.2, 0.25) is 0 Å². The van der Waals surface area contributed by atoms with Gasteiger partial charge in [-0.2, -0.15) is 5.26 Å². The molecular formula is C12H7N3O4. The number of nitrogens with one attached hydrogen (secondary N) is 1. The van der Waals surface area contributed by atoms with Crippen molar-refractivity contribution in [1.82, 2.24) is 0 Å². The van der Waals surface area contributed by atoms with Crippen LogP contribution in [0.5, 0.6) is 0 Å². The van der Waals surface area contributed by atoms with Crippen LogP contribution in [0.15, 0.2) is 41.0 Å². The highest BCUT2D eigenvalue weighted by Gasteiger charge is 2.14. The number of amides is 1. The molecule has 2 rings (SSSR count). The number of anilines is 1. The van der Waals surface area contributed by atoms with Gasteiger partial charge in [0.15, 0.2) is 5.76 Å². The number of hydrogen-bond acceptors (Lipinski definition) is 5. The molecule has 0 radical (unpaired) electrons. The van der Waals surface area contributed by atoms with Gasteiger partial charge < -0.3 is 9.73 Å². The molecular weight excluding hydrogens is 250 g/mol. The molecule has 1 aromatic heterocycles. The number of carbonyl (C=O) groups excluding carboxylic acids is 1. The minimum Gasteiger partial charge on any atom is -0.459 e. The number of benzene rings is 1. The number of rotatable bonds is 3. The summed E-state index contributed by atoms with van der Waals surface area (Å²) in [6, 6.07) is 8.41. The molecule has 0 bridgehead atoms. The molecule has 1 aromatic carbocycles. The molecule has 0 saturated heterocycles. The highest BCUT2D eigenvalue weighted by molar-refractivity contribution is 6.03. The third kappa shape index (κ3) is 2.58. The monoisotopic (exact) mass is 257 g/mol. The molecule has 0 atom stereocenters. The van der Waals surface area contributed by atoms with Crippen LogP contribution in [-0.4, -0.2) is 10.8 Å². The van der Waals surface area contributed by atoms with E-state index in [1.54, 1.807) is 12.1 Å². The van der Waals surface area contributed by atoms with Gasteiger partial charge in [-0.05, 0) is 18.2 Å². The van der Waals surface area contributed by atoms with Crippen LogP contribution < -0.4 is 5.32 Å². The number of carbonyl (C=O) groups is 1. The second kappa shape index (κ2) is 5.01. The molecule has 0 saturated carbocycles. The largest absolute Gasteiger partial charge is 0.459 e. The first-order chi connectivity index (χ1) is 9.11. The molecule has 19 heavy (non-hydrogen) atoms. The summed E-state index contributed by atoms with van der Waals surface area (Å²) in [6.07, 6.45) is 1.34. The Morgan fingerprint density at radius 1 is 1.42 bits per heavy atom. The Bertz CT molecular complexity index is 671. The van der Waals surface area contributed by atoms with E-state index in [4.69, 9.17) is 9.68 Å². The van der Waals surface area contributed by atoms with Gasteiger partial charge in [-0.3, -0.25) is 14.9 Å². The molecule has 0 unspecified atom stereocenters. The molecule has 0 aliphatic rings. The summed E-state index contributed by atoms with van der Waals surface area (Å²) in [4.78, 5) is 21.7. The topological polar surface area (TPSA) is 109 Å². The highest BCUT2D eigenvalue weighted by Crippen LogP contribution is 2.22. The number of non-ortho nitro benzene ring substituents is 1. The van der Waals surface area contributed by atoms with Crippen molar-refractivity contribution in [2.75, 3.05) is 5.32 Å². The van der Waals surface area contributed by atoms with Gasteiger partial charge in [-0.1, -0.05) is 0 Å². The third-order valence-corrected chi connectivity index (χ3v) is 2.33. The molecule has 94 valence electrons. The van der Waals surface area contributed by atoms with Crippen LogP contribution in [0.25, 0.3) is 0 Å². The molecule has 1 heterocycles.